The molecule has 0 aliphatic rings. The number of hydrogen-bond acceptors (Lipinski definition) is 5. The van der Waals surface area contributed by atoms with E-state index in [4.69, 9.17) is 5.73 Å². The summed E-state index contributed by atoms with van der Waals surface area (Å²) in [5.41, 5.74) is 6.60. The van der Waals surface area contributed by atoms with Crippen molar-refractivity contribution in [3.8, 4) is 10.4 Å². The highest BCUT2D eigenvalue weighted by Crippen LogP contribution is 2.23. The summed E-state index contributed by atoms with van der Waals surface area (Å²) in [5.74, 6) is 1.08. The van der Waals surface area contributed by atoms with E-state index in [0.717, 1.165) is 12.1 Å². The molecule has 0 aliphatic carbocycles. The number of anilines is 1. The first-order chi connectivity index (χ1) is 8.29. The first kappa shape index (κ1) is 12.0. The van der Waals surface area contributed by atoms with Gasteiger partial charge in [-0.2, -0.15) is 0 Å². The van der Waals surface area contributed by atoms with Gasteiger partial charge in [-0.15, -0.1) is 11.3 Å². The maximum absolute atomic E-state index is 5.55. The SMILES string of the molecule is CC(CN)CNc1ncc(-c2cccs2)cn1. The fourth-order valence-corrected chi connectivity index (χ4v) is 2.04. The van der Waals surface area contributed by atoms with Crippen molar-refractivity contribution < 1.29 is 0 Å². The average Bonchev–Trinajstić information content (AvgIpc) is 2.90. The quantitative estimate of drug-likeness (QED) is 0.851. The molecule has 0 fully saturated rings. The molecule has 2 aromatic heterocycles. The van der Waals surface area contributed by atoms with Crippen LogP contribution in [0.1, 0.15) is 6.92 Å². The number of rotatable bonds is 5. The second kappa shape index (κ2) is 5.75. The highest BCUT2D eigenvalue weighted by atomic mass is 32.1. The van der Waals surface area contributed by atoms with Crippen LogP contribution in [0.3, 0.4) is 0 Å². The molecule has 1 unspecified atom stereocenters. The molecule has 0 saturated heterocycles. The molecule has 3 N–H and O–H groups in total. The zero-order valence-electron chi connectivity index (χ0n) is 9.76. The summed E-state index contributed by atoms with van der Waals surface area (Å²) in [6, 6.07) is 4.09. The second-order valence-corrected chi connectivity index (χ2v) is 4.94. The molecule has 0 aliphatic heterocycles. The van der Waals surface area contributed by atoms with Gasteiger partial charge >= 0.3 is 0 Å². The lowest BCUT2D eigenvalue weighted by molar-refractivity contribution is 0.625. The van der Waals surface area contributed by atoms with Gasteiger partial charge in [-0.25, -0.2) is 9.97 Å². The number of aromatic nitrogens is 2. The van der Waals surface area contributed by atoms with Gasteiger partial charge in [0.1, 0.15) is 0 Å². The Bertz CT molecular complexity index is 438. The first-order valence-electron chi connectivity index (χ1n) is 5.59. The Hall–Kier alpha value is -1.46. The first-order valence-corrected chi connectivity index (χ1v) is 6.47. The average molecular weight is 248 g/mol. The largest absolute Gasteiger partial charge is 0.354 e. The minimum Gasteiger partial charge on any atom is -0.354 e. The van der Waals surface area contributed by atoms with Gasteiger partial charge in [-0.1, -0.05) is 13.0 Å². The lowest BCUT2D eigenvalue weighted by Gasteiger charge is -2.09. The van der Waals surface area contributed by atoms with Crippen LogP contribution in [0.4, 0.5) is 5.95 Å². The molecule has 4 nitrogen and oxygen atoms in total. The van der Waals surface area contributed by atoms with Crippen LogP contribution < -0.4 is 11.1 Å². The molecular formula is C12H16N4S. The smallest absolute Gasteiger partial charge is 0.222 e. The third kappa shape index (κ3) is 3.25. The Morgan fingerprint density at radius 2 is 2.18 bits per heavy atom. The Labute approximate surface area is 105 Å². The van der Waals surface area contributed by atoms with Gasteiger partial charge in [0.15, 0.2) is 0 Å². The molecule has 0 bridgehead atoms. The van der Waals surface area contributed by atoms with Crippen molar-refractivity contribution in [2.45, 2.75) is 6.92 Å². The van der Waals surface area contributed by atoms with E-state index in [9.17, 15) is 0 Å². The molecule has 17 heavy (non-hydrogen) atoms. The number of hydrogen-bond donors (Lipinski definition) is 2. The molecular weight excluding hydrogens is 232 g/mol. The predicted molar refractivity (Wildman–Crippen MR) is 72.1 cm³/mol. The molecule has 90 valence electrons. The molecule has 2 heterocycles. The normalized spacial score (nSPS) is 12.4. The lowest BCUT2D eigenvalue weighted by atomic mass is 10.2. The van der Waals surface area contributed by atoms with E-state index in [-0.39, 0.29) is 0 Å². The van der Waals surface area contributed by atoms with Gasteiger partial charge in [-0.3, -0.25) is 0 Å². The molecule has 0 spiro atoms. The fraction of sp³-hybridized carbons (Fsp3) is 0.333. The van der Waals surface area contributed by atoms with Crippen molar-refractivity contribution in [1.82, 2.24) is 9.97 Å². The summed E-state index contributed by atoms with van der Waals surface area (Å²) >= 11 is 1.69. The van der Waals surface area contributed by atoms with Gasteiger partial charge < -0.3 is 11.1 Å². The van der Waals surface area contributed by atoms with Crippen molar-refractivity contribution in [1.29, 1.82) is 0 Å². The van der Waals surface area contributed by atoms with E-state index >= 15 is 0 Å². The van der Waals surface area contributed by atoms with E-state index in [2.05, 4.69) is 28.3 Å². The standard InChI is InChI=1S/C12H16N4S/c1-9(5-13)6-14-12-15-7-10(8-16-12)11-3-2-4-17-11/h2-4,7-9H,5-6,13H2,1H3,(H,14,15,16). The monoisotopic (exact) mass is 248 g/mol. The third-order valence-corrected chi connectivity index (χ3v) is 3.39. The van der Waals surface area contributed by atoms with E-state index in [1.165, 1.54) is 4.88 Å². The number of nitrogens with two attached hydrogens (primary N) is 1. The summed E-state index contributed by atoms with van der Waals surface area (Å²) < 4.78 is 0. The summed E-state index contributed by atoms with van der Waals surface area (Å²) in [6.07, 6.45) is 3.68. The van der Waals surface area contributed by atoms with Gasteiger partial charge in [-0.05, 0) is 23.9 Å². The zero-order valence-corrected chi connectivity index (χ0v) is 10.6. The van der Waals surface area contributed by atoms with Crippen molar-refractivity contribution in [2.24, 2.45) is 11.7 Å². The van der Waals surface area contributed by atoms with Crippen LogP contribution >= 0.6 is 11.3 Å². The Morgan fingerprint density at radius 3 is 2.76 bits per heavy atom. The number of nitrogens with zero attached hydrogens (tertiary/aromatic N) is 2. The summed E-state index contributed by atoms with van der Waals surface area (Å²) in [6.45, 7) is 3.56. The Morgan fingerprint density at radius 1 is 1.41 bits per heavy atom. The highest BCUT2D eigenvalue weighted by Gasteiger charge is 2.02. The molecule has 2 rings (SSSR count). The van der Waals surface area contributed by atoms with Crippen LogP contribution in [0.2, 0.25) is 0 Å². The summed E-state index contributed by atoms with van der Waals surface area (Å²) in [7, 11) is 0. The lowest BCUT2D eigenvalue weighted by Crippen LogP contribution is -2.20. The van der Waals surface area contributed by atoms with E-state index < -0.39 is 0 Å². The van der Waals surface area contributed by atoms with Gasteiger partial charge in [0.05, 0.1) is 0 Å². The number of thiophene rings is 1. The van der Waals surface area contributed by atoms with Gasteiger partial charge in [0.2, 0.25) is 5.95 Å². The maximum atomic E-state index is 5.55. The Kier molecular flexibility index (Phi) is 4.06. The van der Waals surface area contributed by atoms with Crippen molar-refractivity contribution in [3.05, 3.63) is 29.9 Å². The van der Waals surface area contributed by atoms with Crippen LogP contribution in [-0.2, 0) is 0 Å². The molecule has 0 amide bonds. The van der Waals surface area contributed by atoms with Crippen LogP contribution in [0.25, 0.3) is 10.4 Å². The predicted octanol–water partition coefficient (Wildman–Crippen LogP) is 2.21. The number of nitrogens with one attached hydrogen (secondary N) is 1. The topological polar surface area (TPSA) is 63.8 Å². The summed E-state index contributed by atoms with van der Waals surface area (Å²) in [4.78, 5) is 9.76. The van der Waals surface area contributed by atoms with Crippen molar-refractivity contribution >= 4 is 17.3 Å². The fourth-order valence-electron chi connectivity index (χ4n) is 1.34. The highest BCUT2D eigenvalue weighted by molar-refractivity contribution is 7.13. The van der Waals surface area contributed by atoms with Gasteiger partial charge in [0.25, 0.3) is 0 Å². The molecule has 1 atom stereocenters. The Balaban J connectivity index is 1.99. The maximum Gasteiger partial charge on any atom is 0.222 e. The minimum absolute atomic E-state index is 0.426. The second-order valence-electron chi connectivity index (χ2n) is 3.99. The molecule has 5 heteroatoms. The molecule has 0 radical (unpaired) electrons. The molecule has 0 saturated carbocycles. The third-order valence-electron chi connectivity index (χ3n) is 2.47. The van der Waals surface area contributed by atoms with Gasteiger partial charge in [0, 0.05) is 29.4 Å². The molecule has 0 aromatic carbocycles. The van der Waals surface area contributed by atoms with Crippen LogP contribution in [-0.4, -0.2) is 23.1 Å². The summed E-state index contributed by atoms with van der Waals surface area (Å²) in [5, 5.41) is 5.22. The minimum atomic E-state index is 0.426. The zero-order chi connectivity index (χ0) is 12.1. The van der Waals surface area contributed by atoms with Crippen molar-refractivity contribution in [2.75, 3.05) is 18.4 Å². The van der Waals surface area contributed by atoms with Crippen LogP contribution in [0.5, 0.6) is 0 Å². The van der Waals surface area contributed by atoms with E-state index in [1.807, 2.05) is 23.8 Å². The van der Waals surface area contributed by atoms with E-state index in [0.29, 0.717) is 18.4 Å². The van der Waals surface area contributed by atoms with Crippen LogP contribution in [0.15, 0.2) is 29.9 Å². The van der Waals surface area contributed by atoms with Crippen molar-refractivity contribution in [3.63, 3.8) is 0 Å². The molecule has 2 aromatic rings. The van der Waals surface area contributed by atoms with Crippen LogP contribution in [0, 0.1) is 5.92 Å². The van der Waals surface area contributed by atoms with E-state index in [1.54, 1.807) is 11.3 Å².